The van der Waals surface area contributed by atoms with Crippen molar-refractivity contribution in [3.8, 4) is 56.3 Å². The van der Waals surface area contributed by atoms with Gasteiger partial charge in [-0.2, -0.15) is 0 Å². The van der Waals surface area contributed by atoms with Crippen LogP contribution in [0.15, 0.2) is 213 Å². The summed E-state index contributed by atoms with van der Waals surface area (Å²) in [4.78, 5) is 0. The van der Waals surface area contributed by atoms with Gasteiger partial charge in [0.15, 0.2) is 31.0 Å². The first-order valence-corrected chi connectivity index (χ1v) is 31.6. The van der Waals surface area contributed by atoms with E-state index in [2.05, 4.69) is 305 Å². The Balaban J connectivity index is 0.000000181. The number of pyridine rings is 5. The molecule has 0 radical (unpaired) electrons. The largest absolute Gasteiger partial charge is 0.212 e. The molecular weight excluding hydrogens is 1070 g/mol. The van der Waals surface area contributed by atoms with Crippen LogP contribution in [0, 0.1) is 46.5 Å². The van der Waals surface area contributed by atoms with Crippen LogP contribution in [-0.2, 0) is 53.4 Å². The second kappa shape index (κ2) is 32.2. The number of nitrogens with zero attached hydrogens (tertiary/aromatic N) is 5. The number of rotatable bonds is 11. The van der Waals surface area contributed by atoms with Crippen LogP contribution in [-0.4, -0.2) is 0 Å². The molecule has 5 aromatic heterocycles. The van der Waals surface area contributed by atoms with Crippen molar-refractivity contribution in [2.45, 2.75) is 141 Å². The standard InChI is InChI=1S/3C17H22N.2C16H20N/c1-13-8-6-7-9-15(13)16-11-10-14(12-18(16)5)17(2,3)4;2*1-13(2)11-15-9-10-17(18(4)12-15)16-8-6-5-7-14(16)3;2*1-12(2)14-9-10-16(17(4)11-14)15-8-6-5-7-13(15)3/h6-12H,1-5H3;2*5-10,12-13H,11H2,1-4H3;2*5-12H,1-4H3/q5*+1/i;11D2;;12D;. The van der Waals surface area contributed by atoms with E-state index >= 15 is 0 Å². The van der Waals surface area contributed by atoms with Crippen molar-refractivity contribution < 1.29 is 26.9 Å². The zero-order chi connectivity index (χ0) is 67.1. The molecule has 0 unspecified atom stereocenters. The average Bonchev–Trinajstić information content (AvgIpc) is 2.32. The fourth-order valence-electron chi connectivity index (χ4n) is 10.9. The highest BCUT2D eigenvalue weighted by atomic mass is 14.9. The van der Waals surface area contributed by atoms with Crippen LogP contribution in [0.4, 0.5) is 0 Å². The second-order valence-electron chi connectivity index (χ2n) is 26.1. The molecule has 5 heteroatoms. The summed E-state index contributed by atoms with van der Waals surface area (Å²) in [7, 11) is 10.4. The van der Waals surface area contributed by atoms with E-state index in [1.54, 1.807) is 0 Å². The molecule has 0 N–H and O–H groups in total. The Hall–Kier alpha value is -8.15. The van der Waals surface area contributed by atoms with Crippen LogP contribution < -0.4 is 22.8 Å². The van der Waals surface area contributed by atoms with Gasteiger partial charge in [-0.05, 0) is 165 Å². The third-order valence-corrected chi connectivity index (χ3v) is 16.1. The highest BCUT2D eigenvalue weighted by Crippen LogP contribution is 2.27. The number of aryl methyl sites for hydroxylation is 10. The predicted octanol–water partition coefficient (Wildman–Crippen LogP) is 18.4. The van der Waals surface area contributed by atoms with Gasteiger partial charge in [0.25, 0.3) is 0 Å². The first-order chi connectivity index (χ1) is 42.8. The Bertz CT molecular complexity index is 3920. The Labute approximate surface area is 537 Å². The molecule has 0 fully saturated rings. The van der Waals surface area contributed by atoms with Crippen LogP contribution in [0.1, 0.15) is 148 Å². The van der Waals surface area contributed by atoms with Crippen LogP contribution in [0.3, 0.4) is 0 Å². The van der Waals surface area contributed by atoms with Crippen LogP contribution in [0.5, 0.6) is 0 Å². The monoisotopic (exact) mass is 1180 g/mol. The summed E-state index contributed by atoms with van der Waals surface area (Å²) >= 11 is 0. The molecule has 0 amide bonds. The van der Waals surface area contributed by atoms with Crippen molar-refractivity contribution in [2.75, 3.05) is 0 Å². The molecule has 0 bridgehead atoms. The molecule has 0 atom stereocenters. The van der Waals surface area contributed by atoms with Gasteiger partial charge >= 0.3 is 0 Å². The maximum absolute atomic E-state index is 8.19. The molecule has 0 aliphatic rings. The molecule has 5 nitrogen and oxygen atoms in total. The Morgan fingerprint density at radius 2 is 0.636 bits per heavy atom. The first kappa shape index (κ1) is 64.3. The maximum Gasteiger partial charge on any atom is 0.212 e. The topological polar surface area (TPSA) is 19.4 Å². The van der Waals surface area contributed by atoms with E-state index in [0.29, 0.717) is 11.8 Å². The minimum absolute atomic E-state index is 0.0492. The molecule has 10 aromatic rings. The molecule has 0 saturated heterocycles. The maximum atomic E-state index is 8.19. The molecule has 0 aliphatic heterocycles. The third-order valence-electron chi connectivity index (χ3n) is 16.1. The zero-order valence-corrected chi connectivity index (χ0v) is 57.4. The van der Waals surface area contributed by atoms with Crippen molar-refractivity contribution in [2.24, 2.45) is 47.1 Å². The lowest BCUT2D eigenvalue weighted by Gasteiger charge is -2.17. The lowest BCUT2D eigenvalue weighted by Crippen LogP contribution is -2.33. The number of hydrogen-bond acceptors (Lipinski definition) is 0. The number of hydrogen-bond donors (Lipinski definition) is 0. The third kappa shape index (κ3) is 19.4. The molecule has 5 heterocycles. The van der Waals surface area contributed by atoms with Gasteiger partial charge in [-0.25, -0.2) is 22.8 Å². The second-order valence-corrected chi connectivity index (χ2v) is 26.1. The minimum Gasteiger partial charge on any atom is -0.201 e. The summed E-state index contributed by atoms with van der Waals surface area (Å²) < 4.78 is 35.3. The fourth-order valence-corrected chi connectivity index (χ4v) is 10.9. The smallest absolute Gasteiger partial charge is 0.201 e. The zero-order valence-electron chi connectivity index (χ0n) is 60.4. The summed E-state index contributed by atoms with van der Waals surface area (Å²) in [6.07, 6.45) is 10.5. The van der Waals surface area contributed by atoms with E-state index in [-0.39, 0.29) is 11.3 Å². The number of aromatic nitrogens is 5. The molecule has 10 rings (SSSR count). The number of benzene rings is 5. The van der Waals surface area contributed by atoms with E-state index in [4.69, 9.17) is 4.11 Å². The van der Waals surface area contributed by atoms with E-state index in [1.165, 1.54) is 95.1 Å². The predicted molar refractivity (Wildman–Crippen MR) is 373 cm³/mol. The molecule has 88 heavy (non-hydrogen) atoms. The highest BCUT2D eigenvalue weighted by Gasteiger charge is 2.21. The van der Waals surface area contributed by atoms with E-state index in [1.807, 2.05) is 76.8 Å². The van der Waals surface area contributed by atoms with Gasteiger partial charge in [0.2, 0.25) is 28.5 Å². The summed E-state index contributed by atoms with van der Waals surface area (Å²) in [6, 6.07) is 63.7. The van der Waals surface area contributed by atoms with Gasteiger partial charge in [-0.1, -0.05) is 167 Å². The summed E-state index contributed by atoms with van der Waals surface area (Å²) in [5, 5.41) is 0. The van der Waals surface area contributed by atoms with E-state index in [0.717, 1.165) is 23.2 Å². The first-order valence-electron chi connectivity index (χ1n) is 33.1. The molecule has 0 aliphatic carbocycles. The molecule has 5 aromatic carbocycles. The SMILES string of the molecule is Cc1ccccc1-c1ccc(C(C)(C)C)c[n+]1C.Cc1ccccc1-c1ccc(C(C)C)c[n+]1C.Cc1ccccc1-c1ccc(CC(C)C)c[n+]1C.[2H]C(C)(C)c1ccc(-c2ccccc2C)[n+](C)c1.[2H]C([2H])(c1ccc(-c2ccccc2C)[n+](C)c1)C(C)C. The van der Waals surface area contributed by atoms with Gasteiger partial charge < -0.3 is 0 Å². The normalized spacial score (nSPS) is 11.8. The van der Waals surface area contributed by atoms with Crippen molar-refractivity contribution in [1.29, 1.82) is 0 Å². The van der Waals surface area contributed by atoms with E-state index in [9.17, 15) is 0 Å². The van der Waals surface area contributed by atoms with Gasteiger partial charge in [0.05, 0.1) is 0 Å². The average molecular weight is 1180 g/mol. The van der Waals surface area contributed by atoms with Crippen molar-refractivity contribution in [3.05, 3.63) is 269 Å². The van der Waals surface area contributed by atoms with Crippen LogP contribution in [0.2, 0.25) is 0 Å². The minimum atomic E-state index is -1.30. The molecule has 458 valence electrons. The van der Waals surface area contributed by atoms with E-state index < -0.39 is 12.3 Å². The summed E-state index contributed by atoms with van der Waals surface area (Å²) in [5.74, 6) is 0.676. The van der Waals surface area contributed by atoms with Gasteiger partial charge in [0.1, 0.15) is 35.2 Å². The molecular formula is C83H106N5+5. The van der Waals surface area contributed by atoms with Crippen molar-refractivity contribution in [3.63, 3.8) is 0 Å². The van der Waals surface area contributed by atoms with Gasteiger partial charge in [0, 0.05) is 90.1 Å². The molecule has 0 saturated carbocycles. The highest BCUT2D eigenvalue weighted by molar-refractivity contribution is 5.64. The Morgan fingerprint density at radius 1 is 0.341 bits per heavy atom. The lowest BCUT2D eigenvalue weighted by molar-refractivity contribution is -0.661. The van der Waals surface area contributed by atoms with Crippen LogP contribution >= 0.6 is 0 Å². The van der Waals surface area contributed by atoms with Crippen LogP contribution in [0.25, 0.3) is 56.3 Å². The fraction of sp³-hybridized carbons (Fsp3) is 0.337. The van der Waals surface area contributed by atoms with Gasteiger partial charge in [-0.3, -0.25) is 0 Å². The van der Waals surface area contributed by atoms with Gasteiger partial charge in [-0.15, -0.1) is 0 Å². The lowest BCUT2D eigenvalue weighted by atomic mass is 9.88. The quantitative estimate of drug-likeness (QED) is 0.115. The summed E-state index contributed by atoms with van der Waals surface area (Å²) in [6.45, 7) is 34.1. The molecule has 0 spiro atoms. The van der Waals surface area contributed by atoms with Crippen molar-refractivity contribution in [1.82, 2.24) is 0 Å². The Kier molecular flexibility index (Phi) is 23.5. The Morgan fingerprint density at radius 3 is 0.932 bits per heavy atom. The van der Waals surface area contributed by atoms with Crippen molar-refractivity contribution >= 4 is 0 Å². The summed E-state index contributed by atoms with van der Waals surface area (Å²) in [5.41, 5.74) is 25.0.